The van der Waals surface area contributed by atoms with Crippen molar-refractivity contribution in [1.29, 1.82) is 0 Å². The van der Waals surface area contributed by atoms with Gasteiger partial charge in [0.05, 0.1) is 5.92 Å². The first kappa shape index (κ1) is 12.4. The Morgan fingerprint density at radius 2 is 1.88 bits per heavy atom. The number of carboxylic acid groups (broad SMARTS) is 1. The molecule has 5 heteroatoms. The number of hydrogen-bond donors (Lipinski definition) is 2. The van der Waals surface area contributed by atoms with Crippen molar-refractivity contribution in [2.45, 2.75) is 19.8 Å². The minimum atomic E-state index is -1.30. The second-order valence-corrected chi connectivity index (χ2v) is 3.85. The van der Waals surface area contributed by atoms with Gasteiger partial charge in [-0.3, -0.25) is 4.79 Å². The minimum absolute atomic E-state index is 0.459. The zero-order valence-electron chi connectivity index (χ0n) is 8.87. The number of hydrogen-bond acceptors (Lipinski definition) is 2. The van der Waals surface area contributed by atoms with E-state index in [0.717, 1.165) is 12.1 Å². The van der Waals surface area contributed by atoms with Crippen LogP contribution < -0.4 is 0 Å². The van der Waals surface area contributed by atoms with Crippen LogP contribution in [0.3, 0.4) is 0 Å². The molecule has 0 heterocycles. The fourth-order valence-electron chi connectivity index (χ4n) is 1.59. The average Bonchev–Trinajstić information content (AvgIpc) is 2.17. The Morgan fingerprint density at radius 1 is 1.31 bits per heavy atom. The van der Waals surface area contributed by atoms with Gasteiger partial charge in [-0.05, 0) is 18.1 Å². The molecule has 2 N–H and O–H groups in total. The van der Waals surface area contributed by atoms with Gasteiger partial charge in [0.1, 0.15) is 5.75 Å². The summed E-state index contributed by atoms with van der Waals surface area (Å²) in [6.45, 7) is 3.12. The number of phenolic OH excluding ortho intramolecular Hbond substituents is 1. The number of halogens is 2. The molecule has 0 aliphatic carbocycles. The van der Waals surface area contributed by atoms with E-state index in [2.05, 4.69) is 0 Å². The maximum Gasteiger partial charge on any atom is 0.311 e. The molecule has 1 aromatic rings. The lowest BCUT2D eigenvalue weighted by atomic mass is 9.87. The van der Waals surface area contributed by atoms with Gasteiger partial charge in [-0.25, -0.2) is 8.78 Å². The maximum atomic E-state index is 13.4. The van der Waals surface area contributed by atoms with Gasteiger partial charge in [-0.1, -0.05) is 13.8 Å². The molecule has 0 radical (unpaired) electrons. The van der Waals surface area contributed by atoms with Crippen molar-refractivity contribution in [1.82, 2.24) is 0 Å². The molecule has 0 aromatic heterocycles. The molecule has 1 rings (SSSR count). The summed E-state index contributed by atoms with van der Waals surface area (Å²) in [5, 5.41) is 18.4. The molecular weight excluding hydrogens is 218 g/mol. The van der Waals surface area contributed by atoms with Crippen LogP contribution in [-0.2, 0) is 4.79 Å². The van der Waals surface area contributed by atoms with Crippen molar-refractivity contribution in [2.75, 3.05) is 0 Å². The highest BCUT2D eigenvalue weighted by Crippen LogP contribution is 2.34. The Kier molecular flexibility index (Phi) is 3.47. The SMILES string of the molecule is CC(C)C(C(=O)O)c1c(O)ccc(F)c1F. The molecule has 16 heavy (non-hydrogen) atoms. The third-order valence-corrected chi connectivity index (χ3v) is 2.35. The molecule has 1 unspecified atom stereocenters. The first-order valence-electron chi connectivity index (χ1n) is 4.76. The fraction of sp³-hybridized carbons (Fsp3) is 0.364. The largest absolute Gasteiger partial charge is 0.508 e. The predicted octanol–water partition coefficient (Wildman–Crippen LogP) is 2.49. The van der Waals surface area contributed by atoms with Crippen LogP contribution in [0.5, 0.6) is 5.75 Å². The topological polar surface area (TPSA) is 57.5 Å². The van der Waals surface area contributed by atoms with E-state index in [9.17, 15) is 18.7 Å². The first-order valence-corrected chi connectivity index (χ1v) is 4.76. The number of aliphatic carboxylic acids is 1. The Labute approximate surface area is 91.3 Å². The Morgan fingerprint density at radius 3 is 2.31 bits per heavy atom. The van der Waals surface area contributed by atoms with Gasteiger partial charge in [-0.15, -0.1) is 0 Å². The zero-order valence-corrected chi connectivity index (χ0v) is 8.87. The lowest BCUT2D eigenvalue weighted by molar-refractivity contribution is -0.140. The summed E-state index contributed by atoms with van der Waals surface area (Å²) in [6.07, 6.45) is 0. The highest BCUT2D eigenvalue weighted by atomic mass is 19.2. The zero-order chi connectivity index (χ0) is 12.5. The van der Waals surface area contributed by atoms with E-state index in [-0.39, 0.29) is 0 Å². The highest BCUT2D eigenvalue weighted by Gasteiger charge is 2.30. The van der Waals surface area contributed by atoms with E-state index < -0.39 is 40.8 Å². The quantitative estimate of drug-likeness (QED) is 0.838. The minimum Gasteiger partial charge on any atom is -0.508 e. The Hall–Kier alpha value is -1.65. The summed E-state index contributed by atoms with van der Waals surface area (Å²) in [4.78, 5) is 11.0. The molecule has 0 saturated heterocycles. The third kappa shape index (κ3) is 2.13. The van der Waals surface area contributed by atoms with E-state index in [1.165, 1.54) is 0 Å². The summed E-state index contributed by atoms with van der Waals surface area (Å²) in [5.41, 5.74) is -0.498. The van der Waals surface area contributed by atoms with Crippen LogP contribution in [0.4, 0.5) is 8.78 Å². The van der Waals surface area contributed by atoms with Crippen LogP contribution in [-0.4, -0.2) is 16.2 Å². The average molecular weight is 230 g/mol. The van der Waals surface area contributed by atoms with E-state index in [0.29, 0.717) is 0 Å². The number of carbonyl (C=O) groups is 1. The van der Waals surface area contributed by atoms with Crippen molar-refractivity contribution >= 4 is 5.97 Å². The summed E-state index contributed by atoms with van der Waals surface area (Å²) in [5.74, 6) is -6.04. The molecule has 0 fully saturated rings. The second kappa shape index (κ2) is 4.47. The predicted molar refractivity (Wildman–Crippen MR) is 53.2 cm³/mol. The molecule has 0 spiro atoms. The number of phenols is 1. The van der Waals surface area contributed by atoms with Gasteiger partial charge in [0.2, 0.25) is 0 Å². The number of carboxylic acids is 1. The molecule has 0 amide bonds. The Bertz CT molecular complexity index is 416. The maximum absolute atomic E-state index is 13.4. The van der Waals surface area contributed by atoms with Crippen LogP contribution in [0.25, 0.3) is 0 Å². The van der Waals surface area contributed by atoms with Crippen molar-refractivity contribution in [3.05, 3.63) is 29.3 Å². The van der Waals surface area contributed by atoms with Crippen molar-refractivity contribution in [3.63, 3.8) is 0 Å². The van der Waals surface area contributed by atoms with Crippen molar-refractivity contribution in [3.8, 4) is 5.75 Å². The van der Waals surface area contributed by atoms with Gasteiger partial charge in [0.15, 0.2) is 11.6 Å². The second-order valence-electron chi connectivity index (χ2n) is 3.85. The van der Waals surface area contributed by atoms with Gasteiger partial charge >= 0.3 is 5.97 Å². The van der Waals surface area contributed by atoms with Gasteiger partial charge in [-0.2, -0.15) is 0 Å². The number of rotatable bonds is 3. The van der Waals surface area contributed by atoms with E-state index in [1.54, 1.807) is 13.8 Å². The first-order chi connectivity index (χ1) is 7.36. The lowest BCUT2D eigenvalue weighted by Crippen LogP contribution is -2.19. The van der Waals surface area contributed by atoms with Crippen LogP contribution in [0.15, 0.2) is 12.1 Å². The van der Waals surface area contributed by atoms with Gasteiger partial charge in [0, 0.05) is 5.56 Å². The number of aromatic hydroxyl groups is 1. The molecule has 0 aliphatic rings. The smallest absolute Gasteiger partial charge is 0.311 e. The van der Waals surface area contributed by atoms with Crippen molar-refractivity contribution < 1.29 is 23.8 Å². The normalized spacial score (nSPS) is 12.8. The standard InChI is InChI=1S/C11H12F2O3/c1-5(2)8(11(15)16)9-7(14)4-3-6(12)10(9)13/h3-5,8,14H,1-2H3,(H,15,16). The fourth-order valence-corrected chi connectivity index (χ4v) is 1.59. The molecule has 0 saturated carbocycles. The number of benzene rings is 1. The summed E-state index contributed by atoms with van der Waals surface area (Å²) < 4.78 is 26.4. The molecule has 88 valence electrons. The monoisotopic (exact) mass is 230 g/mol. The molecule has 1 aromatic carbocycles. The summed E-state index contributed by atoms with van der Waals surface area (Å²) in [7, 11) is 0. The molecule has 1 atom stereocenters. The van der Waals surface area contributed by atoms with Crippen LogP contribution in [0, 0.1) is 17.6 Å². The summed E-state index contributed by atoms with van der Waals surface area (Å²) in [6, 6.07) is 1.71. The molecular formula is C11H12F2O3. The summed E-state index contributed by atoms with van der Waals surface area (Å²) >= 11 is 0. The van der Waals surface area contributed by atoms with Crippen molar-refractivity contribution in [2.24, 2.45) is 5.92 Å². The van der Waals surface area contributed by atoms with Crippen LogP contribution >= 0.6 is 0 Å². The Balaban J connectivity index is 3.40. The van der Waals surface area contributed by atoms with Gasteiger partial charge < -0.3 is 10.2 Å². The highest BCUT2D eigenvalue weighted by molar-refractivity contribution is 5.77. The van der Waals surface area contributed by atoms with Crippen LogP contribution in [0.1, 0.15) is 25.3 Å². The van der Waals surface area contributed by atoms with Crippen LogP contribution in [0.2, 0.25) is 0 Å². The van der Waals surface area contributed by atoms with Gasteiger partial charge in [0.25, 0.3) is 0 Å². The molecule has 3 nitrogen and oxygen atoms in total. The lowest BCUT2D eigenvalue weighted by Gasteiger charge is -2.18. The van der Waals surface area contributed by atoms with E-state index >= 15 is 0 Å². The molecule has 0 bridgehead atoms. The molecule has 0 aliphatic heterocycles. The van der Waals surface area contributed by atoms with E-state index in [1.807, 2.05) is 0 Å². The third-order valence-electron chi connectivity index (χ3n) is 2.35. The van der Waals surface area contributed by atoms with E-state index in [4.69, 9.17) is 5.11 Å².